The number of hydrogen-bond acceptors (Lipinski definition) is 4. The molecule has 0 aromatic heterocycles. The third-order valence-electron chi connectivity index (χ3n) is 1.58. The third-order valence-corrected chi connectivity index (χ3v) is 1.58. The lowest BCUT2D eigenvalue weighted by atomic mass is 10.2. The smallest absolute Gasteiger partial charge is 0.302 e. The largest absolute Gasteiger partial charge is 0.466 e. The maximum atomic E-state index is 9.82. The summed E-state index contributed by atoms with van der Waals surface area (Å²) < 4.78 is 9.45. The number of aliphatic hydroxyl groups excluding tert-OH is 1. The van der Waals surface area contributed by atoms with E-state index in [-0.39, 0.29) is 18.7 Å². The van der Waals surface area contributed by atoms with Gasteiger partial charge in [-0.15, -0.1) is 0 Å². The van der Waals surface area contributed by atoms with Crippen molar-refractivity contribution < 1.29 is 19.4 Å². The fourth-order valence-corrected chi connectivity index (χ4v) is 0.992. The average molecular weight is 190 g/mol. The molecule has 4 nitrogen and oxygen atoms in total. The zero-order chi connectivity index (χ0) is 10.1. The summed E-state index contributed by atoms with van der Waals surface area (Å²) in [6.07, 6.45) is 2.31. The van der Waals surface area contributed by atoms with E-state index in [1.807, 2.05) is 0 Å². The summed E-state index contributed by atoms with van der Waals surface area (Å²) >= 11 is 0. The highest BCUT2D eigenvalue weighted by Gasteiger charge is 2.12. The monoisotopic (exact) mass is 190 g/mol. The van der Waals surface area contributed by atoms with Gasteiger partial charge in [-0.25, -0.2) is 0 Å². The Morgan fingerprint density at radius 3 is 2.54 bits per heavy atom. The third kappa shape index (κ3) is 7.74. The molecule has 1 aliphatic rings. The SMILES string of the molecule is CCOC(C)=O.OCC1CCCO1. The number of rotatable bonds is 2. The van der Waals surface area contributed by atoms with Gasteiger partial charge in [0.1, 0.15) is 0 Å². The van der Waals surface area contributed by atoms with E-state index in [0.29, 0.717) is 6.61 Å². The number of aliphatic hydroxyl groups is 1. The Hall–Kier alpha value is -0.610. The Labute approximate surface area is 78.8 Å². The standard InChI is InChI=1S/C5H10O2.C4H8O2/c6-4-5-2-1-3-7-5;1-3-6-4(2)5/h5-6H,1-4H2;3H2,1-2H3. The second kappa shape index (κ2) is 8.01. The van der Waals surface area contributed by atoms with Crippen molar-refractivity contribution in [3.63, 3.8) is 0 Å². The van der Waals surface area contributed by atoms with Crippen LogP contribution in [0.3, 0.4) is 0 Å². The fourth-order valence-electron chi connectivity index (χ4n) is 0.992. The Morgan fingerprint density at radius 1 is 1.69 bits per heavy atom. The predicted molar refractivity (Wildman–Crippen MR) is 48.4 cm³/mol. The molecule has 1 aliphatic heterocycles. The minimum atomic E-state index is -0.211. The highest BCUT2D eigenvalue weighted by molar-refractivity contribution is 5.65. The minimum Gasteiger partial charge on any atom is -0.466 e. The molecular formula is C9H18O4. The second-order valence-corrected chi connectivity index (χ2v) is 2.74. The van der Waals surface area contributed by atoms with Crippen molar-refractivity contribution in [3.05, 3.63) is 0 Å². The lowest BCUT2D eigenvalue weighted by Gasteiger charge is -2.00. The maximum absolute atomic E-state index is 9.82. The van der Waals surface area contributed by atoms with Crippen LogP contribution in [0.1, 0.15) is 26.7 Å². The summed E-state index contributed by atoms with van der Waals surface area (Å²) in [6.45, 7) is 4.69. The van der Waals surface area contributed by atoms with Crippen molar-refractivity contribution in [2.45, 2.75) is 32.8 Å². The Balaban J connectivity index is 0.000000226. The van der Waals surface area contributed by atoms with Crippen LogP contribution in [0.2, 0.25) is 0 Å². The molecule has 4 heteroatoms. The van der Waals surface area contributed by atoms with Crippen molar-refractivity contribution in [2.75, 3.05) is 19.8 Å². The Bertz CT molecular complexity index is 130. The summed E-state index contributed by atoms with van der Waals surface area (Å²) in [5, 5.41) is 8.44. The van der Waals surface area contributed by atoms with E-state index < -0.39 is 0 Å². The molecule has 0 aromatic rings. The molecule has 0 aromatic carbocycles. The van der Waals surface area contributed by atoms with Gasteiger partial charge in [-0.05, 0) is 19.8 Å². The highest BCUT2D eigenvalue weighted by atomic mass is 16.5. The lowest BCUT2D eigenvalue weighted by molar-refractivity contribution is -0.140. The number of esters is 1. The van der Waals surface area contributed by atoms with Crippen molar-refractivity contribution in [1.29, 1.82) is 0 Å². The first-order chi connectivity index (χ1) is 6.20. The van der Waals surface area contributed by atoms with Crippen LogP contribution in [0, 0.1) is 0 Å². The fraction of sp³-hybridized carbons (Fsp3) is 0.889. The molecule has 78 valence electrons. The van der Waals surface area contributed by atoms with E-state index in [9.17, 15) is 4.79 Å². The van der Waals surface area contributed by atoms with Gasteiger partial charge in [0.2, 0.25) is 0 Å². The van der Waals surface area contributed by atoms with Crippen LogP contribution in [0.4, 0.5) is 0 Å². The summed E-state index contributed by atoms with van der Waals surface area (Å²) in [4.78, 5) is 9.82. The molecule has 1 unspecified atom stereocenters. The molecule has 1 heterocycles. The molecular weight excluding hydrogens is 172 g/mol. The van der Waals surface area contributed by atoms with E-state index >= 15 is 0 Å². The summed E-state index contributed by atoms with van der Waals surface area (Å²) in [5.41, 5.74) is 0. The molecule has 1 rings (SSSR count). The Morgan fingerprint density at radius 2 is 2.38 bits per heavy atom. The first kappa shape index (κ1) is 12.4. The van der Waals surface area contributed by atoms with Gasteiger partial charge in [0.05, 0.1) is 19.3 Å². The van der Waals surface area contributed by atoms with Crippen LogP contribution in [-0.4, -0.2) is 37.0 Å². The van der Waals surface area contributed by atoms with Crippen LogP contribution in [0.25, 0.3) is 0 Å². The Kier molecular flexibility index (Phi) is 7.63. The zero-order valence-corrected chi connectivity index (χ0v) is 8.28. The van der Waals surface area contributed by atoms with Gasteiger partial charge in [0.15, 0.2) is 0 Å². The molecule has 0 spiro atoms. The van der Waals surface area contributed by atoms with Crippen molar-refractivity contribution in [1.82, 2.24) is 0 Å². The quantitative estimate of drug-likeness (QED) is 0.652. The van der Waals surface area contributed by atoms with Crippen LogP contribution >= 0.6 is 0 Å². The molecule has 1 fully saturated rings. The number of ether oxygens (including phenoxy) is 2. The van der Waals surface area contributed by atoms with E-state index in [1.54, 1.807) is 6.92 Å². The highest BCUT2D eigenvalue weighted by Crippen LogP contribution is 2.09. The van der Waals surface area contributed by atoms with E-state index in [2.05, 4.69) is 4.74 Å². The topological polar surface area (TPSA) is 55.8 Å². The molecule has 1 N–H and O–H groups in total. The second-order valence-electron chi connectivity index (χ2n) is 2.74. The van der Waals surface area contributed by atoms with Crippen LogP contribution in [-0.2, 0) is 14.3 Å². The van der Waals surface area contributed by atoms with Crippen molar-refractivity contribution in [2.24, 2.45) is 0 Å². The average Bonchev–Trinajstić information content (AvgIpc) is 2.56. The molecule has 0 aliphatic carbocycles. The van der Waals surface area contributed by atoms with Gasteiger partial charge in [0, 0.05) is 13.5 Å². The van der Waals surface area contributed by atoms with Gasteiger partial charge in [-0.3, -0.25) is 4.79 Å². The van der Waals surface area contributed by atoms with Gasteiger partial charge >= 0.3 is 5.97 Å². The van der Waals surface area contributed by atoms with E-state index in [1.165, 1.54) is 6.92 Å². The first-order valence-electron chi connectivity index (χ1n) is 4.56. The number of carbonyl (C=O) groups is 1. The summed E-state index contributed by atoms with van der Waals surface area (Å²) in [5.74, 6) is -0.211. The summed E-state index contributed by atoms with van der Waals surface area (Å²) in [7, 11) is 0. The van der Waals surface area contributed by atoms with Crippen molar-refractivity contribution in [3.8, 4) is 0 Å². The molecule has 0 bridgehead atoms. The van der Waals surface area contributed by atoms with Crippen LogP contribution in [0.5, 0.6) is 0 Å². The first-order valence-corrected chi connectivity index (χ1v) is 4.56. The molecule has 0 saturated carbocycles. The van der Waals surface area contributed by atoms with Gasteiger partial charge in [-0.1, -0.05) is 0 Å². The lowest BCUT2D eigenvalue weighted by Crippen LogP contribution is -2.09. The zero-order valence-electron chi connectivity index (χ0n) is 8.28. The van der Waals surface area contributed by atoms with Crippen LogP contribution in [0.15, 0.2) is 0 Å². The van der Waals surface area contributed by atoms with Gasteiger partial charge < -0.3 is 14.6 Å². The van der Waals surface area contributed by atoms with E-state index in [4.69, 9.17) is 9.84 Å². The summed E-state index contributed by atoms with van der Waals surface area (Å²) in [6, 6.07) is 0. The maximum Gasteiger partial charge on any atom is 0.302 e. The predicted octanol–water partition coefficient (Wildman–Crippen LogP) is 0.727. The number of carbonyl (C=O) groups excluding carboxylic acids is 1. The minimum absolute atomic E-state index is 0.153. The van der Waals surface area contributed by atoms with Crippen molar-refractivity contribution >= 4 is 5.97 Å². The van der Waals surface area contributed by atoms with Gasteiger partial charge in [0.25, 0.3) is 0 Å². The van der Waals surface area contributed by atoms with Gasteiger partial charge in [-0.2, -0.15) is 0 Å². The molecule has 13 heavy (non-hydrogen) atoms. The molecule has 1 atom stereocenters. The normalized spacial score (nSPS) is 20.4. The molecule has 0 amide bonds. The number of hydrogen-bond donors (Lipinski definition) is 1. The van der Waals surface area contributed by atoms with Crippen LogP contribution < -0.4 is 0 Å². The van der Waals surface area contributed by atoms with E-state index in [0.717, 1.165) is 19.4 Å². The molecule has 1 saturated heterocycles. The molecule has 0 radical (unpaired) electrons.